The highest BCUT2D eigenvalue weighted by Crippen LogP contribution is 2.39. The van der Waals surface area contributed by atoms with Crippen LogP contribution in [0.25, 0.3) is 0 Å². The molecule has 0 aromatic heterocycles. The number of benzene rings is 2. The molecule has 1 N–H and O–H groups in total. The molecule has 7 nitrogen and oxygen atoms in total. The van der Waals surface area contributed by atoms with Gasteiger partial charge in [0.2, 0.25) is 5.75 Å². The summed E-state index contributed by atoms with van der Waals surface area (Å²) in [6.07, 6.45) is 0. The Kier molecular flexibility index (Phi) is 8.45. The Morgan fingerprint density at radius 1 is 0.793 bits per heavy atom. The molecular weight excluding hydrogens is 374 g/mol. The van der Waals surface area contributed by atoms with Crippen molar-refractivity contribution in [3.8, 4) is 28.7 Å². The molecule has 0 aliphatic heterocycles. The van der Waals surface area contributed by atoms with E-state index >= 15 is 0 Å². The molecule has 0 unspecified atom stereocenters. The van der Waals surface area contributed by atoms with E-state index in [9.17, 15) is 4.79 Å². The third kappa shape index (κ3) is 5.70. The van der Waals surface area contributed by atoms with Gasteiger partial charge in [-0.2, -0.15) is 0 Å². The Morgan fingerprint density at radius 2 is 1.38 bits per heavy atom. The molecule has 2 aromatic rings. The van der Waals surface area contributed by atoms with E-state index in [4.69, 9.17) is 23.7 Å². The molecule has 0 aliphatic carbocycles. The topological polar surface area (TPSA) is 75.3 Å². The summed E-state index contributed by atoms with van der Waals surface area (Å²) in [4.78, 5) is 12.8. The minimum absolute atomic E-state index is 0.246. The van der Waals surface area contributed by atoms with Crippen LogP contribution in [0.3, 0.4) is 0 Å². The quantitative estimate of drug-likeness (QED) is 0.615. The first-order chi connectivity index (χ1) is 14.1. The molecule has 29 heavy (non-hydrogen) atoms. The highest BCUT2D eigenvalue weighted by Gasteiger charge is 2.18. The van der Waals surface area contributed by atoms with Gasteiger partial charge in [0.25, 0.3) is 5.91 Å². The van der Waals surface area contributed by atoms with E-state index in [1.54, 1.807) is 32.4 Å². The molecule has 0 saturated carbocycles. The first-order valence-corrected chi connectivity index (χ1v) is 9.63. The van der Waals surface area contributed by atoms with Crippen molar-refractivity contribution in [2.75, 3.05) is 34.0 Å². The molecule has 0 bridgehead atoms. The van der Waals surface area contributed by atoms with Crippen LogP contribution in [0.4, 0.5) is 0 Å². The van der Waals surface area contributed by atoms with E-state index < -0.39 is 0 Å². The number of hydrogen-bond acceptors (Lipinski definition) is 6. The lowest BCUT2D eigenvalue weighted by atomic mass is 10.1. The number of rotatable bonds is 11. The van der Waals surface area contributed by atoms with Gasteiger partial charge >= 0.3 is 0 Å². The van der Waals surface area contributed by atoms with Crippen molar-refractivity contribution in [2.45, 2.75) is 27.3 Å². The molecule has 2 rings (SSSR count). The normalized spacial score (nSPS) is 10.2. The number of carbonyl (C=O) groups excluding carboxylic acids is 1. The maximum absolute atomic E-state index is 12.8. The van der Waals surface area contributed by atoms with Gasteiger partial charge in [-0.1, -0.05) is 6.07 Å². The second kappa shape index (κ2) is 11.0. The number of methoxy groups -OCH3 is 2. The van der Waals surface area contributed by atoms with Gasteiger partial charge in [0.15, 0.2) is 23.0 Å². The molecule has 0 heterocycles. The molecule has 0 aliphatic rings. The Bertz CT molecular complexity index is 794. The van der Waals surface area contributed by atoms with Crippen LogP contribution in [0.1, 0.15) is 36.7 Å². The summed E-state index contributed by atoms with van der Waals surface area (Å²) < 4.78 is 27.6. The fourth-order valence-corrected chi connectivity index (χ4v) is 2.79. The van der Waals surface area contributed by atoms with E-state index in [1.807, 2.05) is 32.9 Å². The Morgan fingerprint density at radius 3 is 1.90 bits per heavy atom. The highest BCUT2D eigenvalue weighted by atomic mass is 16.5. The fraction of sp³-hybridized carbons (Fsp3) is 0.409. The monoisotopic (exact) mass is 403 g/mol. The van der Waals surface area contributed by atoms with Gasteiger partial charge in [-0.25, -0.2) is 0 Å². The van der Waals surface area contributed by atoms with E-state index in [1.165, 1.54) is 0 Å². The van der Waals surface area contributed by atoms with Gasteiger partial charge in [-0.05, 0) is 50.6 Å². The third-order valence-corrected chi connectivity index (χ3v) is 4.07. The predicted molar refractivity (Wildman–Crippen MR) is 111 cm³/mol. The summed E-state index contributed by atoms with van der Waals surface area (Å²) in [5.74, 6) is 2.47. The van der Waals surface area contributed by atoms with Crippen LogP contribution < -0.4 is 29.0 Å². The minimum atomic E-state index is -0.246. The van der Waals surface area contributed by atoms with E-state index in [2.05, 4.69) is 5.32 Å². The maximum Gasteiger partial charge on any atom is 0.251 e. The number of ether oxygens (including phenoxy) is 5. The zero-order chi connectivity index (χ0) is 21.2. The van der Waals surface area contributed by atoms with Crippen molar-refractivity contribution in [1.82, 2.24) is 5.32 Å². The van der Waals surface area contributed by atoms with Gasteiger partial charge in [0.05, 0.1) is 34.0 Å². The smallest absolute Gasteiger partial charge is 0.251 e. The van der Waals surface area contributed by atoms with Crippen LogP contribution in [0, 0.1) is 0 Å². The molecule has 0 atom stereocenters. The van der Waals surface area contributed by atoms with Crippen molar-refractivity contribution >= 4 is 5.91 Å². The summed E-state index contributed by atoms with van der Waals surface area (Å²) in [6, 6.07) is 8.84. The van der Waals surface area contributed by atoms with Gasteiger partial charge in [0.1, 0.15) is 0 Å². The zero-order valence-corrected chi connectivity index (χ0v) is 17.7. The number of amides is 1. The van der Waals surface area contributed by atoms with Crippen LogP contribution in [-0.2, 0) is 6.54 Å². The van der Waals surface area contributed by atoms with Crippen molar-refractivity contribution in [2.24, 2.45) is 0 Å². The number of nitrogens with one attached hydrogen (secondary N) is 1. The van der Waals surface area contributed by atoms with E-state index in [0.717, 1.165) is 5.56 Å². The average Bonchev–Trinajstić information content (AvgIpc) is 2.74. The fourth-order valence-electron chi connectivity index (χ4n) is 2.79. The van der Waals surface area contributed by atoms with Gasteiger partial charge < -0.3 is 29.0 Å². The van der Waals surface area contributed by atoms with Crippen LogP contribution in [-0.4, -0.2) is 39.9 Å². The molecule has 0 radical (unpaired) electrons. The molecule has 2 aromatic carbocycles. The standard InChI is InChI=1S/C22H29NO6/c1-6-27-19-12-16(13-20(28-7-2)21(19)29-8-3)22(24)23-14-15-9-10-17(25-4)18(11-15)26-5/h9-13H,6-8,14H2,1-5H3,(H,23,24). The summed E-state index contributed by atoms with van der Waals surface area (Å²) in [6.45, 7) is 7.32. The van der Waals surface area contributed by atoms with Crippen molar-refractivity contribution < 1.29 is 28.5 Å². The summed E-state index contributed by atoms with van der Waals surface area (Å²) in [5.41, 5.74) is 1.32. The minimum Gasteiger partial charge on any atom is -0.493 e. The number of hydrogen-bond donors (Lipinski definition) is 1. The van der Waals surface area contributed by atoms with Crippen molar-refractivity contribution in [1.29, 1.82) is 0 Å². The Labute approximate surface area is 171 Å². The lowest BCUT2D eigenvalue weighted by Crippen LogP contribution is -2.23. The second-order valence-electron chi connectivity index (χ2n) is 5.97. The molecular formula is C22H29NO6. The lowest BCUT2D eigenvalue weighted by molar-refractivity contribution is 0.0949. The first kappa shape index (κ1) is 22.2. The number of carbonyl (C=O) groups is 1. The second-order valence-corrected chi connectivity index (χ2v) is 5.97. The average molecular weight is 403 g/mol. The third-order valence-electron chi connectivity index (χ3n) is 4.07. The summed E-state index contributed by atoms with van der Waals surface area (Å²) in [7, 11) is 3.15. The van der Waals surface area contributed by atoms with Crippen LogP contribution in [0.5, 0.6) is 28.7 Å². The maximum atomic E-state index is 12.8. The molecule has 1 amide bonds. The highest BCUT2D eigenvalue weighted by molar-refractivity contribution is 5.95. The van der Waals surface area contributed by atoms with Gasteiger partial charge in [0, 0.05) is 12.1 Å². The Balaban J connectivity index is 2.23. The van der Waals surface area contributed by atoms with Gasteiger partial charge in [-0.15, -0.1) is 0 Å². The largest absolute Gasteiger partial charge is 0.493 e. The SMILES string of the molecule is CCOc1cc(C(=O)NCc2ccc(OC)c(OC)c2)cc(OCC)c1OCC. The zero-order valence-electron chi connectivity index (χ0n) is 17.7. The molecule has 158 valence electrons. The van der Waals surface area contributed by atoms with Crippen molar-refractivity contribution in [3.05, 3.63) is 41.5 Å². The molecule has 0 fully saturated rings. The summed E-state index contributed by atoms with van der Waals surface area (Å²) in [5, 5.41) is 2.91. The predicted octanol–water partition coefficient (Wildman–Crippen LogP) is 3.83. The molecule has 0 spiro atoms. The van der Waals surface area contributed by atoms with E-state index in [-0.39, 0.29) is 5.91 Å². The molecule has 7 heteroatoms. The summed E-state index contributed by atoms with van der Waals surface area (Å²) >= 11 is 0. The first-order valence-electron chi connectivity index (χ1n) is 9.63. The lowest BCUT2D eigenvalue weighted by Gasteiger charge is -2.17. The van der Waals surface area contributed by atoms with Crippen LogP contribution in [0.15, 0.2) is 30.3 Å². The van der Waals surface area contributed by atoms with Gasteiger partial charge in [-0.3, -0.25) is 4.79 Å². The van der Waals surface area contributed by atoms with Crippen molar-refractivity contribution in [3.63, 3.8) is 0 Å². The Hall–Kier alpha value is -3.09. The molecule has 0 saturated heterocycles. The van der Waals surface area contributed by atoms with E-state index in [0.29, 0.717) is 60.7 Å². The van der Waals surface area contributed by atoms with Crippen LogP contribution in [0.2, 0.25) is 0 Å². The van der Waals surface area contributed by atoms with Crippen LogP contribution >= 0.6 is 0 Å².